The van der Waals surface area contributed by atoms with Crippen molar-refractivity contribution in [3.63, 3.8) is 0 Å². The van der Waals surface area contributed by atoms with Crippen LogP contribution < -0.4 is 5.32 Å². The van der Waals surface area contributed by atoms with E-state index in [-0.39, 0.29) is 11.8 Å². The number of hydrogen-bond acceptors (Lipinski definition) is 4. The Morgan fingerprint density at radius 2 is 2.12 bits per heavy atom. The van der Waals surface area contributed by atoms with Crippen molar-refractivity contribution in [2.24, 2.45) is 5.92 Å². The first-order valence-corrected chi connectivity index (χ1v) is 8.26. The molecule has 1 atom stereocenters. The second kappa shape index (κ2) is 7.29. The standard InChI is InChI=1S/C18H22N6O/c1-13(11-24-15(3)8-14(2)22-24)10-21-18(25)16-4-5-20-17(9-16)23-7-6-19-12-23/h4-9,12-13H,10-11H2,1-3H3,(H,21,25). The quantitative estimate of drug-likeness (QED) is 0.747. The number of amides is 1. The number of pyridine rings is 1. The molecule has 1 unspecified atom stereocenters. The maximum atomic E-state index is 12.4. The van der Waals surface area contributed by atoms with Crippen LogP contribution in [0.3, 0.4) is 0 Å². The predicted octanol–water partition coefficient (Wildman–Crippen LogP) is 2.15. The Bertz CT molecular complexity index is 852. The van der Waals surface area contributed by atoms with E-state index < -0.39 is 0 Å². The summed E-state index contributed by atoms with van der Waals surface area (Å²) >= 11 is 0. The normalized spacial score (nSPS) is 12.1. The van der Waals surface area contributed by atoms with Gasteiger partial charge in [0.05, 0.1) is 5.69 Å². The third kappa shape index (κ3) is 4.12. The number of carbonyl (C=O) groups excluding carboxylic acids is 1. The number of carbonyl (C=O) groups is 1. The van der Waals surface area contributed by atoms with Crippen LogP contribution >= 0.6 is 0 Å². The van der Waals surface area contributed by atoms with Gasteiger partial charge >= 0.3 is 0 Å². The minimum Gasteiger partial charge on any atom is -0.352 e. The maximum absolute atomic E-state index is 12.4. The average Bonchev–Trinajstić information content (AvgIpc) is 3.23. The molecule has 0 aliphatic heterocycles. The molecule has 0 bridgehead atoms. The molecule has 3 heterocycles. The van der Waals surface area contributed by atoms with Crippen LogP contribution in [0.1, 0.15) is 28.7 Å². The Morgan fingerprint density at radius 3 is 2.80 bits per heavy atom. The highest BCUT2D eigenvalue weighted by Crippen LogP contribution is 2.08. The van der Waals surface area contributed by atoms with Gasteiger partial charge in [0.25, 0.3) is 5.91 Å². The molecule has 7 nitrogen and oxygen atoms in total. The second-order valence-corrected chi connectivity index (χ2v) is 6.30. The van der Waals surface area contributed by atoms with E-state index in [0.717, 1.165) is 17.9 Å². The zero-order valence-corrected chi connectivity index (χ0v) is 14.7. The van der Waals surface area contributed by atoms with Gasteiger partial charge in [0.1, 0.15) is 12.1 Å². The van der Waals surface area contributed by atoms with Gasteiger partial charge in [-0.15, -0.1) is 0 Å². The van der Waals surface area contributed by atoms with E-state index in [2.05, 4.69) is 33.4 Å². The highest BCUT2D eigenvalue weighted by Gasteiger charge is 2.11. The summed E-state index contributed by atoms with van der Waals surface area (Å²) in [5, 5.41) is 7.45. The molecule has 0 aromatic carbocycles. The number of hydrogen-bond donors (Lipinski definition) is 1. The van der Waals surface area contributed by atoms with Crippen molar-refractivity contribution in [2.75, 3.05) is 6.54 Å². The van der Waals surface area contributed by atoms with Crippen LogP contribution in [0.25, 0.3) is 5.82 Å². The number of imidazole rings is 1. The number of rotatable bonds is 6. The summed E-state index contributed by atoms with van der Waals surface area (Å²) in [6, 6.07) is 5.52. The lowest BCUT2D eigenvalue weighted by molar-refractivity contribution is 0.0946. The Labute approximate surface area is 146 Å². The lowest BCUT2D eigenvalue weighted by Gasteiger charge is -2.14. The van der Waals surface area contributed by atoms with Crippen LogP contribution in [0.4, 0.5) is 0 Å². The fourth-order valence-corrected chi connectivity index (χ4v) is 2.68. The molecule has 0 fully saturated rings. The van der Waals surface area contributed by atoms with Gasteiger partial charge in [0.2, 0.25) is 0 Å². The smallest absolute Gasteiger partial charge is 0.251 e. The van der Waals surface area contributed by atoms with Crippen LogP contribution in [0.15, 0.2) is 43.1 Å². The van der Waals surface area contributed by atoms with E-state index in [1.807, 2.05) is 18.5 Å². The van der Waals surface area contributed by atoms with Gasteiger partial charge in [-0.25, -0.2) is 9.97 Å². The molecule has 3 aromatic rings. The Kier molecular flexibility index (Phi) is 4.92. The molecule has 0 aliphatic rings. The number of nitrogens with zero attached hydrogens (tertiary/aromatic N) is 5. The summed E-state index contributed by atoms with van der Waals surface area (Å²) < 4.78 is 3.75. The van der Waals surface area contributed by atoms with E-state index in [1.165, 1.54) is 0 Å². The molecule has 0 saturated carbocycles. The second-order valence-electron chi connectivity index (χ2n) is 6.30. The SMILES string of the molecule is Cc1cc(C)n(CC(C)CNC(=O)c2ccnc(-n3ccnc3)c2)n1. The molecule has 0 spiro atoms. The van der Waals surface area contributed by atoms with Gasteiger partial charge < -0.3 is 5.32 Å². The molecular formula is C18H22N6O. The highest BCUT2D eigenvalue weighted by atomic mass is 16.1. The van der Waals surface area contributed by atoms with Crippen molar-refractivity contribution in [3.05, 3.63) is 60.1 Å². The molecule has 1 N–H and O–H groups in total. The molecule has 1 amide bonds. The summed E-state index contributed by atoms with van der Waals surface area (Å²) in [6.07, 6.45) is 6.75. The minimum atomic E-state index is -0.107. The summed E-state index contributed by atoms with van der Waals surface area (Å²) in [6.45, 7) is 7.48. The minimum absolute atomic E-state index is 0.107. The van der Waals surface area contributed by atoms with Gasteiger partial charge in [-0.3, -0.25) is 14.0 Å². The lowest BCUT2D eigenvalue weighted by Crippen LogP contribution is -2.30. The predicted molar refractivity (Wildman–Crippen MR) is 94.6 cm³/mol. The van der Waals surface area contributed by atoms with Crippen molar-refractivity contribution < 1.29 is 4.79 Å². The van der Waals surface area contributed by atoms with E-state index >= 15 is 0 Å². The van der Waals surface area contributed by atoms with Crippen LogP contribution in [0.5, 0.6) is 0 Å². The Hall–Kier alpha value is -2.96. The molecule has 130 valence electrons. The first-order chi connectivity index (χ1) is 12.0. The van der Waals surface area contributed by atoms with Gasteiger partial charge in [-0.05, 0) is 38.0 Å². The first kappa shape index (κ1) is 16.9. The number of aromatic nitrogens is 5. The van der Waals surface area contributed by atoms with Gasteiger partial charge in [0.15, 0.2) is 0 Å². The van der Waals surface area contributed by atoms with Crippen molar-refractivity contribution in [1.82, 2.24) is 29.6 Å². The fourth-order valence-electron chi connectivity index (χ4n) is 2.68. The molecule has 3 rings (SSSR count). The van der Waals surface area contributed by atoms with Gasteiger partial charge in [-0.2, -0.15) is 5.10 Å². The van der Waals surface area contributed by atoms with Crippen molar-refractivity contribution in [2.45, 2.75) is 27.3 Å². The largest absolute Gasteiger partial charge is 0.352 e. The first-order valence-electron chi connectivity index (χ1n) is 8.26. The summed E-state index contributed by atoms with van der Waals surface area (Å²) in [5.74, 6) is 0.835. The van der Waals surface area contributed by atoms with E-state index in [9.17, 15) is 4.79 Å². The van der Waals surface area contributed by atoms with Crippen molar-refractivity contribution in [3.8, 4) is 5.82 Å². The summed E-state index contributed by atoms with van der Waals surface area (Å²) in [5.41, 5.74) is 2.73. The zero-order chi connectivity index (χ0) is 17.8. The molecule has 3 aromatic heterocycles. The van der Waals surface area contributed by atoms with E-state index in [1.54, 1.807) is 41.6 Å². The summed E-state index contributed by atoms with van der Waals surface area (Å²) in [7, 11) is 0. The number of aryl methyl sites for hydroxylation is 2. The summed E-state index contributed by atoms with van der Waals surface area (Å²) in [4.78, 5) is 20.7. The van der Waals surface area contributed by atoms with E-state index in [4.69, 9.17) is 0 Å². The van der Waals surface area contributed by atoms with Crippen molar-refractivity contribution in [1.29, 1.82) is 0 Å². The lowest BCUT2D eigenvalue weighted by atomic mass is 10.1. The molecule has 0 radical (unpaired) electrons. The molecule has 7 heteroatoms. The average molecular weight is 338 g/mol. The molecular weight excluding hydrogens is 316 g/mol. The Morgan fingerprint density at radius 1 is 1.28 bits per heavy atom. The third-order valence-corrected chi connectivity index (χ3v) is 3.98. The van der Waals surface area contributed by atoms with Crippen LogP contribution in [0, 0.1) is 19.8 Å². The zero-order valence-electron chi connectivity index (χ0n) is 14.7. The highest BCUT2D eigenvalue weighted by molar-refractivity contribution is 5.94. The Balaban J connectivity index is 1.59. The molecule has 25 heavy (non-hydrogen) atoms. The van der Waals surface area contributed by atoms with Gasteiger partial charge in [0, 0.05) is 42.9 Å². The van der Waals surface area contributed by atoms with Gasteiger partial charge in [-0.1, -0.05) is 6.92 Å². The maximum Gasteiger partial charge on any atom is 0.251 e. The number of nitrogens with one attached hydrogen (secondary N) is 1. The van der Waals surface area contributed by atoms with Crippen LogP contribution in [0.2, 0.25) is 0 Å². The third-order valence-electron chi connectivity index (χ3n) is 3.98. The van der Waals surface area contributed by atoms with Crippen LogP contribution in [-0.4, -0.2) is 36.8 Å². The fraction of sp³-hybridized carbons (Fsp3) is 0.333. The van der Waals surface area contributed by atoms with E-state index in [0.29, 0.717) is 17.9 Å². The van der Waals surface area contributed by atoms with Crippen molar-refractivity contribution >= 4 is 5.91 Å². The molecule has 0 aliphatic carbocycles. The monoisotopic (exact) mass is 338 g/mol. The van der Waals surface area contributed by atoms with Crippen LogP contribution in [-0.2, 0) is 6.54 Å². The topological polar surface area (TPSA) is 77.6 Å². The molecule has 0 saturated heterocycles.